The van der Waals surface area contributed by atoms with Crippen LogP contribution in [0.1, 0.15) is 43.3 Å². The summed E-state index contributed by atoms with van der Waals surface area (Å²) in [6.07, 6.45) is 4.66. The number of rotatable bonds is 4. The minimum absolute atomic E-state index is 0. The van der Waals surface area contributed by atoms with Crippen LogP contribution in [0.3, 0.4) is 0 Å². The highest BCUT2D eigenvalue weighted by molar-refractivity contribution is 7.09. The van der Waals surface area contributed by atoms with Gasteiger partial charge in [0.1, 0.15) is 0 Å². The lowest BCUT2D eigenvalue weighted by molar-refractivity contribution is -0.126. The van der Waals surface area contributed by atoms with Gasteiger partial charge in [-0.15, -0.1) is 36.2 Å². The van der Waals surface area contributed by atoms with Crippen molar-refractivity contribution >= 4 is 42.1 Å². The van der Waals surface area contributed by atoms with Gasteiger partial charge >= 0.3 is 0 Å². The molecule has 0 radical (unpaired) electrons. The van der Waals surface area contributed by atoms with Crippen LogP contribution in [0.15, 0.2) is 5.38 Å². The molecule has 2 rings (SSSR count). The van der Waals surface area contributed by atoms with Crippen molar-refractivity contribution in [1.82, 2.24) is 10.3 Å². The molecule has 0 unspecified atom stereocenters. The Morgan fingerprint density at radius 2 is 2.11 bits per heavy atom. The molecule has 0 saturated heterocycles. The van der Waals surface area contributed by atoms with Crippen molar-refractivity contribution < 1.29 is 4.79 Å². The number of hydrogen-bond donors (Lipinski definition) is 2. The summed E-state index contributed by atoms with van der Waals surface area (Å²) in [6.45, 7) is 2.57. The lowest BCUT2D eigenvalue weighted by Gasteiger charge is -2.21. The summed E-state index contributed by atoms with van der Waals surface area (Å²) in [7, 11) is 0. The van der Waals surface area contributed by atoms with Crippen molar-refractivity contribution in [2.24, 2.45) is 5.73 Å². The fraction of sp³-hybridized carbons (Fsp3) is 0.667. The van der Waals surface area contributed by atoms with Gasteiger partial charge in [-0.05, 0) is 19.3 Å². The maximum absolute atomic E-state index is 12.0. The number of carbonyl (C=O) groups is 1. The SMILES string of the molecule is CCc1nc(CNC(=O)C2(N)CCCC2)cs1.Cl.Cl. The first-order valence-electron chi connectivity index (χ1n) is 6.14. The zero-order valence-electron chi connectivity index (χ0n) is 11.0. The summed E-state index contributed by atoms with van der Waals surface area (Å²) in [5.41, 5.74) is 6.37. The zero-order chi connectivity index (χ0) is 12.3. The highest BCUT2D eigenvalue weighted by atomic mass is 35.5. The summed E-state index contributed by atoms with van der Waals surface area (Å²) < 4.78 is 0. The Balaban J connectivity index is 0.00000162. The van der Waals surface area contributed by atoms with Crippen LogP contribution in [0.25, 0.3) is 0 Å². The predicted molar refractivity (Wildman–Crippen MR) is 83.2 cm³/mol. The van der Waals surface area contributed by atoms with Gasteiger partial charge in [0.25, 0.3) is 0 Å². The van der Waals surface area contributed by atoms with Gasteiger partial charge in [-0.2, -0.15) is 0 Å². The predicted octanol–water partition coefficient (Wildman–Crippen LogP) is 2.44. The van der Waals surface area contributed by atoms with E-state index in [9.17, 15) is 4.79 Å². The van der Waals surface area contributed by atoms with Crippen molar-refractivity contribution in [3.05, 3.63) is 16.1 Å². The lowest BCUT2D eigenvalue weighted by atomic mass is 9.98. The first kappa shape index (κ1) is 18.6. The third-order valence-electron chi connectivity index (χ3n) is 3.28. The molecule has 1 aromatic heterocycles. The Hall–Kier alpha value is -0.360. The zero-order valence-corrected chi connectivity index (χ0v) is 13.4. The molecule has 0 spiro atoms. The van der Waals surface area contributed by atoms with Crippen LogP contribution in [0.2, 0.25) is 0 Å². The summed E-state index contributed by atoms with van der Waals surface area (Å²) in [6, 6.07) is 0. The standard InChI is InChI=1S/C12H19N3OS.2ClH/c1-2-10-15-9(8-17-10)7-14-11(16)12(13)5-3-4-6-12;;/h8H,2-7,13H2,1H3,(H,14,16);2*1H. The molecule has 1 fully saturated rings. The topological polar surface area (TPSA) is 68.0 Å². The van der Waals surface area contributed by atoms with E-state index in [1.165, 1.54) is 0 Å². The molecule has 1 heterocycles. The molecule has 0 bridgehead atoms. The molecule has 1 saturated carbocycles. The molecule has 4 nitrogen and oxygen atoms in total. The van der Waals surface area contributed by atoms with Crippen molar-refractivity contribution in [2.75, 3.05) is 0 Å². The molecule has 0 atom stereocenters. The van der Waals surface area contributed by atoms with E-state index >= 15 is 0 Å². The highest BCUT2D eigenvalue weighted by Gasteiger charge is 2.36. The average molecular weight is 326 g/mol. The van der Waals surface area contributed by atoms with Gasteiger partial charge in [-0.1, -0.05) is 19.8 Å². The minimum atomic E-state index is -0.635. The van der Waals surface area contributed by atoms with E-state index in [0.717, 1.165) is 42.8 Å². The molecule has 19 heavy (non-hydrogen) atoms. The van der Waals surface area contributed by atoms with E-state index in [4.69, 9.17) is 5.73 Å². The van der Waals surface area contributed by atoms with E-state index in [0.29, 0.717) is 6.54 Å². The van der Waals surface area contributed by atoms with Crippen LogP contribution < -0.4 is 11.1 Å². The maximum atomic E-state index is 12.0. The maximum Gasteiger partial charge on any atom is 0.240 e. The molecule has 110 valence electrons. The van der Waals surface area contributed by atoms with Crippen LogP contribution in [0, 0.1) is 0 Å². The lowest BCUT2D eigenvalue weighted by Crippen LogP contribution is -2.51. The molecule has 1 aliphatic carbocycles. The largest absolute Gasteiger partial charge is 0.349 e. The molecule has 1 aromatic rings. The van der Waals surface area contributed by atoms with Crippen molar-refractivity contribution in [3.63, 3.8) is 0 Å². The van der Waals surface area contributed by atoms with Crippen LogP contribution in [0.5, 0.6) is 0 Å². The number of carbonyl (C=O) groups excluding carboxylic acids is 1. The summed E-state index contributed by atoms with van der Waals surface area (Å²) >= 11 is 1.64. The van der Waals surface area contributed by atoms with Crippen molar-refractivity contribution in [2.45, 2.75) is 51.1 Å². The summed E-state index contributed by atoms with van der Waals surface area (Å²) in [5.74, 6) is -0.0268. The Morgan fingerprint density at radius 3 is 2.63 bits per heavy atom. The number of amides is 1. The number of hydrogen-bond acceptors (Lipinski definition) is 4. The van der Waals surface area contributed by atoms with E-state index in [1.54, 1.807) is 11.3 Å². The molecule has 1 aliphatic rings. The van der Waals surface area contributed by atoms with Gasteiger partial charge in [0.2, 0.25) is 5.91 Å². The third-order valence-corrected chi connectivity index (χ3v) is 4.32. The van der Waals surface area contributed by atoms with E-state index in [2.05, 4.69) is 17.2 Å². The summed E-state index contributed by atoms with van der Waals surface area (Å²) in [4.78, 5) is 16.4. The first-order chi connectivity index (χ1) is 8.14. The number of thiazole rings is 1. The number of nitrogens with two attached hydrogens (primary N) is 1. The monoisotopic (exact) mass is 325 g/mol. The third kappa shape index (κ3) is 4.60. The minimum Gasteiger partial charge on any atom is -0.349 e. The smallest absolute Gasteiger partial charge is 0.240 e. The normalized spacial score (nSPS) is 16.3. The Morgan fingerprint density at radius 1 is 1.47 bits per heavy atom. The van der Waals surface area contributed by atoms with Crippen LogP contribution in [-0.2, 0) is 17.8 Å². The van der Waals surface area contributed by atoms with Crippen LogP contribution in [-0.4, -0.2) is 16.4 Å². The van der Waals surface area contributed by atoms with Crippen LogP contribution in [0.4, 0.5) is 0 Å². The molecular formula is C12H21Cl2N3OS. The molecule has 3 N–H and O–H groups in total. The van der Waals surface area contributed by atoms with E-state index < -0.39 is 5.54 Å². The van der Waals surface area contributed by atoms with E-state index in [-0.39, 0.29) is 30.7 Å². The average Bonchev–Trinajstić information content (AvgIpc) is 2.95. The second kappa shape index (κ2) is 8.04. The van der Waals surface area contributed by atoms with Crippen molar-refractivity contribution in [1.29, 1.82) is 0 Å². The Labute approximate surface area is 130 Å². The molecule has 1 amide bonds. The van der Waals surface area contributed by atoms with Gasteiger partial charge in [0.05, 0.1) is 22.8 Å². The van der Waals surface area contributed by atoms with Gasteiger partial charge in [-0.25, -0.2) is 4.98 Å². The van der Waals surface area contributed by atoms with E-state index in [1.807, 2.05) is 5.38 Å². The quantitative estimate of drug-likeness (QED) is 0.893. The van der Waals surface area contributed by atoms with Gasteiger partial charge in [-0.3, -0.25) is 4.79 Å². The number of nitrogens with one attached hydrogen (secondary N) is 1. The van der Waals surface area contributed by atoms with Crippen molar-refractivity contribution in [3.8, 4) is 0 Å². The summed E-state index contributed by atoms with van der Waals surface area (Å²) in [5, 5.41) is 6.00. The molecule has 0 aromatic carbocycles. The number of nitrogens with zero attached hydrogens (tertiary/aromatic N) is 1. The number of aromatic nitrogens is 1. The second-order valence-electron chi connectivity index (χ2n) is 4.63. The van der Waals surface area contributed by atoms with Crippen LogP contribution >= 0.6 is 36.2 Å². The highest BCUT2D eigenvalue weighted by Crippen LogP contribution is 2.27. The molecule has 7 heteroatoms. The second-order valence-corrected chi connectivity index (χ2v) is 5.57. The molecular weight excluding hydrogens is 305 g/mol. The fourth-order valence-electron chi connectivity index (χ4n) is 2.17. The number of aryl methyl sites for hydroxylation is 1. The van der Waals surface area contributed by atoms with Gasteiger partial charge in [0.15, 0.2) is 0 Å². The Kier molecular flexibility index (Phi) is 7.89. The first-order valence-corrected chi connectivity index (χ1v) is 7.02. The van der Waals surface area contributed by atoms with Gasteiger partial charge < -0.3 is 11.1 Å². The fourth-order valence-corrected chi connectivity index (χ4v) is 2.92. The number of halogens is 2. The van der Waals surface area contributed by atoms with Gasteiger partial charge in [0, 0.05) is 5.38 Å². The Bertz CT molecular complexity index is 405. The molecule has 0 aliphatic heterocycles.